The third-order valence-corrected chi connectivity index (χ3v) is 4.03. The van der Waals surface area contributed by atoms with Gasteiger partial charge < -0.3 is 5.11 Å². The quantitative estimate of drug-likeness (QED) is 0.623. The first-order chi connectivity index (χ1) is 12.2. The molecule has 1 N–H and O–H groups in total. The Morgan fingerprint density at radius 2 is 1.88 bits per heavy atom. The molecule has 0 aliphatic rings. The van der Waals surface area contributed by atoms with Crippen molar-refractivity contribution in [3.05, 3.63) is 90.0 Å². The molecule has 2 aromatic heterocycles. The highest BCUT2D eigenvalue weighted by atomic mass is 19.1. The predicted octanol–water partition coefficient (Wildman–Crippen LogP) is 3.10. The van der Waals surface area contributed by atoms with E-state index in [1.165, 1.54) is 24.3 Å². The van der Waals surface area contributed by atoms with Crippen LogP contribution in [0.2, 0.25) is 0 Å². The van der Waals surface area contributed by atoms with E-state index in [-0.39, 0.29) is 11.6 Å². The second kappa shape index (κ2) is 6.41. The number of hydrogen-bond acceptors (Lipinski definition) is 4. The van der Waals surface area contributed by atoms with E-state index in [9.17, 15) is 9.50 Å². The summed E-state index contributed by atoms with van der Waals surface area (Å²) < 4.78 is 14.7. The Hall–Kier alpha value is -3.12. The van der Waals surface area contributed by atoms with Crippen LogP contribution in [0.3, 0.4) is 0 Å². The number of rotatable bonds is 4. The molecule has 4 rings (SSSR count). The number of aliphatic hydroxyl groups excluding tert-OH is 1. The van der Waals surface area contributed by atoms with Crippen LogP contribution in [0.4, 0.5) is 4.39 Å². The topological polar surface area (TPSA) is 63.8 Å². The molecule has 0 radical (unpaired) electrons. The predicted molar refractivity (Wildman–Crippen MR) is 91.3 cm³/mol. The Balaban J connectivity index is 1.55. The molecule has 1 atom stereocenters. The molecule has 0 saturated carbocycles. The van der Waals surface area contributed by atoms with Gasteiger partial charge in [0, 0.05) is 17.8 Å². The Kier molecular flexibility index (Phi) is 3.95. The number of halogens is 1. The Morgan fingerprint density at radius 3 is 2.72 bits per heavy atom. The van der Waals surface area contributed by atoms with Gasteiger partial charge in [-0.1, -0.05) is 24.3 Å². The molecule has 124 valence electrons. The van der Waals surface area contributed by atoms with Crippen molar-refractivity contribution in [2.24, 2.45) is 0 Å². The second-order valence-corrected chi connectivity index (χ2v) is 5.81. The summed E-state index contributed by atoms with van der Waals surface area (Å²) in [6.45, 7) is 0.543. The minimum absolute atomic E-state index is 0.289. The highest BCUT2D eigenvalue weighted by Gasteiger charge is 2.15. The van der Waals surface area contributed by atoms with Crippen LogP contribution >= 0.6 is 0 Å². The third kappa shape index (κ3) is 3.25. The second-order valence-electron chi connectivity index (χ2n) is 5.81. The van der Waals surface area contributed by atoms with Crippen LogP contribution in [-0.2, 0) is 6.54 Å². The molecule has 0 aliphatic carbocycles. The SMILES string of the molecule is OC(c1ccc(F)cc1)c1ncn(Cc2ccc3cnccc3c2)n1. The standard InChI is InChI=1S/C19H15FN4O/c20-17-5-3-14(4-6-17)18(25)19-22-12-24(23-19)11-13-1-2-16-10-21-8-7-15(16)9-13/h1-10,12,18,25H,11H2. The molecule has 25 heavy (non-hydrogen) atoms. The first-order valence-electron chi connectivity index (χ1n) is 7.84. The molecule has 5 nitrogen and oxygen atoms in total. The summed E-state index contributed by atoms with van der Waals surface area (Å²) >= 11 is 0. The number of nitrogens with zero attached hydrogens (tertiary/aromatic N) is 4. The Morgan fingerprint density at radius 1 is 1.04 bits per heavy atom. The molecule has 4 aromatic rings. The summed E-state index contributed by atoms with van der Waals surface area (Å²) in [7, 11) is 0. The first-order valence-corrected chi connectivity index (χ1v) is 7.84. The van der Waals surface area contributed by atoms with Crippen LogP contribution < -0.4 is 0 Å². The molecule has 0 bridgehead atoms. The maximum absolute atomic E-state index is 13.0. The van der Waals surface area contributed by atoms with Crippen molar-refractivity contribution in [2.45, 2.75) is 12.6 Å². The fourth-order valence-electron chi connectivity index (χ4n) is 2.72. The van der Waals surface area contributed by atoms with Gasteiger partial charge in [-0.05, 0) is 40.8 Å². The molecular weight excluding hydrogens is 319 g/mol. The van der Waals surface area contributed by atoms with Crippen LogP contribution in [0.25, 0.3) is 10.8 Å². The van der Waals surface area contributed by atoms with Gasteiger partial charge in [0.25, 0.3) is 0 Å². The minimum atomic E-state index is -0.982. The van der Waals surface area contributed by atoms with Crippen LogP contribution in [0.15, 0.2) is 67.3 Å². The summed E-state index contributed by atoms with van der Waals surface area (Å²) in [4.78, 5) is 8.28. The third-order valence-electron chi connectivity index (χ3n) is 4.03. The maximum atomic E-state index is 13.0. The van der Waals surface area contributed by atoms with Gasteiger partial charge in [-0.25, -0.2) is 14.1 Å². The fourth-order valence-corrected chi connectivity index (χ4v) is 2.72. The van der Waals surface area contributed by atoms with Crippen LogP contribution in [0.5, 0.6) is 0 Å². The normalized spacial score (nSPS) is 12.4. The number of pyridine rings is 1. The number of aromatic nitrogens is 4. The maximum Gasteiger partial charge on any atom is 0.183 e. The van der Waals surface area contributed by atoms with E-state index in [1.54, 1.807) is 17.2 Å². The Bertz CT molecular complexity index is 1010. The van der Waals surface area contributed by atoms with E-state index < -0.39 is 6.10 Å². The zero-order valence-electron chi connectivity index (χ0n) is 13.2. The van der Waals surface area contributed by atoms with Gasteiger partial charge in [-0.15, -0.1) is 0 Å². The van der Waals surface area contributed by atoms with Crippen molar-refractivity contribution in [1.29, 1.82) is 0 Å². The van der Waals surface area contributed by atoms with Gasteiger partial charge in [0.15, 0.2) is 5.82 Å². The van der Waals surface area contributed by atoms with Crippen molar-refractivity contribution in [1.82, 2.24) is 19.7 Å². The van der Waals surface area contributed by atoms with Gasteiger partial charge >= 0.3 is 0 Å². The summed E-state index contributed by atoms with van der Waals surface area (Å²) in [5.74, 6) is -0.0578. The molecular formula is C19H15FN4O. The van der Waals surface area contributed by atoms with Crippen LogP contribution in [0.1, 0.15) is 23.1 Å². The summed E-state index contributed by atoms with van der Waals surface area (Å²) in [6, 6.07) is 13.7. The van der Waals surface area contributed by atoms with Crippen molar-refractivity contribution >= 4 is 10.8 Å². The van der Waals surface area contributed by atoms with E-state index in [2.05, 4.69) is 21.1 Å². The van der Waals surface area contributed by atoms with E-state index in [4.69, 9.17) is 0 Å². The minimum Gasteiger partial charge on any atom is -0.380 e. The van der Waals surface area contributed by atoms with E-state index in [0.717, 1.165) is 16.3 Å². The molecule has 0 amide bonds. The number of fused-ring (bicyclic) bond motifs is 1. The van der Waals surface area contributed by atoms with Crippen molar-refractivity contribution in [3.63, 3.8) is 0 Å². The molecule has 1 unspecified atom stereocenters. The smallest absolute Gasteiger partial charge is 0.183 e. The van der Waals surface area contributed by atoms with Gasteiger partial charge in [-0.3, -0.25) is 4.98 Å². The van der Waals surface area contributed by atoms with Crippen molar-refractivity contribution in [3.8, 4) is 0 Å². The molecule has 0 fully saturated rings. The van der Waals surface area contributed by atoms with Gasteiger partial charge in [0.05, 0.1) is 6.54 Å². The first kappa shape index (κ1) is 15.4. The Labute approximate surface area is 143 Å². The molecule has 0 spiro atoms. The molecule has 0 saturated heterocycles. The lowest BCUT2D eigenvalue weighted by Crippen LogP contribution is -2.05. The average Bonchev–Trinajstić information content (AvgIpc) is 3.10. The zero-order valence-corrected chi connectivity index (χ0v) is 13.2. The molecule has 2 heterocycles. The van der Waals surface area contributed by atoms with Gasteiger partial charge in [0.2, 0.25) is 0 Å². The van der Waals surface area contributed by atoms with Gasteiger partial charge in [0.1, 0.15) is 18.2 Å². The lowest BCUT2D eigenvalue weighted by Gasteiger charge is -2.07. The van der Waals surface area contributed by atoms with Crippen molar-refractivity contribution in [2.75, 3.05) is 0 Å². The lowest BCUT2D eigenvalue weighted by molar-refractivity contribution is 0.209. The highest BCUT2D eigenvalue weighted by molar-refractivity contribution is 5.81. The summed E-state index contributed by atoms with van der Waals surface area (Å²) in [6.07, 6.45) is 4.19. The number of benzene rings is 2. The van der Waals surface area contributed by atoms with E-state index in [1.807, 2.05) is 24.4 Å². The molecule has 2 aromatic carbocycles. The monoisotopic (exact) mass is 334 g/mol. The average molecular weight is 334 g/mol. The number of hydrogen-bond donors (Lipinski definition) is 1. The van der Waals surface area contributed by atoms with E-state index in [0.29, 0.717) is 12.1 Å². The molecule has 0 aliphatic heterocycles. The zero-order chi connectivity index (χ0) is 17.2. The largest absolute Gasteiger partial charge is 0.380 e. The molecule has 6 heteroatoms. The highest BCUT2D eigenvalue weighted by Crippen LogP contribution is 2.19. The van der Waals surface area contributed by atoms with Gasteiger partial charge in [-0.2, -0.15) is 5.10 Å². The summed E-state index contributed by atoms with van der Waals surface area (Å²) in [5.41, 5.74) is 1.63. The van der Waals surface area contributed by atoms with Crippen LogP contribution in [-0.4, -0.2) is 24.9 Å². The van der Waals surface area contributed by atoms with Crippen molar-refractivity contribution < 1.29 is 9.50 Å². The lowest BCUT2D eigenvalue weighted by atomic mass is 10.1. The summed E-state index contributed by atoms with van der Waals surface area (Å²) in [5, 5.41) is 16.9. The van der Waals surface area contributed by atoms with Crippen LogP contribution in [0, 0.1) is 5.82 Å². The number of aliphatic hydroxyl groups is 1. The fraction of sp³-hybridized carbons (Fsp3) is 0.105. The van der Waals surface area contributed by atoms with E-state index >= 15 is 0 Å².